The van der Waals surface area contributed by atoms with Crippen molar-refractivity contribution >= 4 is 0 Å². The van der Waals surface area contributed by atoms with Crippen LogP contribution in [0.3, 0.4) is 0 Å². The van der Waals surface area contributed by atoms with Gasteiger partial charge < -0.3 is 14.6 Å². The minimum absolute atomic E-state index is 0.0558. The van der Waals surface area contributed by atoms with E-state index < -0.39 is 6.29 Å². The minimum atomic E-state index is -0.633. The quantitative estimate of drug-likeness (QED) is 0.888. The summed E-state index contributed by atoms with van der Waals surface area (Å²) in [6.07, 6.45) is 1.49. The third-order valence-corrected chi connectivity index (χ3v) is 3.81. The van der Waals surface area contributed by atoms with Gasteiger partial charge in [-0.1, -0.05) is 30.3 Å². The van der Waals surface area contributed by atoms with Gasteiger partial charge in [0.1, 0.15) is 18.2 Å². The molecule has 2 aromatic carbocycles. The fraction of sp³-hybridized carbons (Fsp3) is 0.333. The lowest BCUT2D eigenvalue weighted by Gasteiger charge is -2.32. The molecule has 1 fully saturated rings. The van der Waals surface area contributed by atoms with Crippen LogP contribution in [0.2, 0.25) is 0 Å². The molecule has 2 atom stereocenters. The zero-order chi connectivity index (χ0) is 15.4. The van der Waals surface area contributed by atoms with Crippen molar-refractivity contribution in [3.05, 3.63) is 65.5 Å². The van der Waals surface area contributed by atoms with E-state index in [4.69, 9.17) is 14.6 Å². The largest absolute Gasteiger partial charge is 0.489 e. The van der Waals surface area contributed by atoms with Gasteiger partial charge in [0.2, 0.25) is 0 Å². The zero-order valence-corrected chi connectivity index (χ0v) is 12.2. The molecule has 0 amide bonds. The highest BCUT2D eigenvalue weighted by Gasteiger charge is 2.27. The standard InChI is InChI=1S/C18H19FO3/c19-15-7-9-17(21-12-13-4-2-1-3-5-13)14(10-15)6-8-16-11-18(20)22-16/h1-5,7,9-10,16,18,20H,6,8,11-12H2/t16-,18-/m0/s1. The van der Waals surface area contributed by atoms with Crippen LogP contribution < -0.4 is 4.74 Å². The molecular weight excluding hydrogens is 283 g/mol. The molecule has 1 N–H and O–H groups in total. The molecule has 1 aliphatic rings. The fourth-order valence-corrected chi connectivity index (χ4v) is 2.56. The third-order valence-electron chi connectivity index (χ3n) is 3.81. The van der Waals surface area contributed by atoms with Crippen molar-refractivity contribution in [2.24, 2.45) is 0 Å². The van der Waals surface area contributed by atoms with Gasteiger partial charge in [0.05, 0.1) is 6.10 Å². The Hall–Kier alpha value is -1.91. The van der Waals surface area contributed by atoms with E-state index in [9.17, 15) is 4.39 Å². The molecule has 0 aliphatic carbocycles. The lowest BCUT2D eigenvalue weighted by molar-refractivity contribution is -0.232. The highest BCUT2D eigenvalue weighted by molar-refractivity contribution is 5.34. The first-order chi connectivity index (χ1) is 10.7. The van der Waals surface area contributed by atoms with E-state index in [1.807, 2.05) is 30.3 Å². The maximum Gasteiger partial charge on any atom is 0.157 e. The molecule has 0 saturated carbocycles. The van der Waals surface area contributed by atoms with Gasteiger partial charge in [-0.15, -0.1) is 0 Å². The van der Waals surface area contributed by atoms with Crippen LogP contribution in [-0.2, 0) is 17.8 Å². The van der Waals surface area contributed by atoms with Gasteiger partial charge in [-0.3, -0.25) is 0 Å². The van der Waals surface area contributed by atoms with Gasteiger partial charge in [-0.25, -0.2) is 4.39 Å². The molecule has 116 valence electrons. The van der Waals surface area contributed by atoms with Gasteiger partial charge in [0, 0.05) is 6.42 Å². The summed E-state index contributed by atoms with van der Waals surface area (Å²) in [6.45, 7) is 0.456. The highest BCUT2D eigenvalue weighted by atomic mass is 19.1. The first-order valence-corrected chi connectivity index (χ1v) is 7.49. The molecule has 0 radical (unpaired) electrons. The van der Waals surface area contributed by atoms with Crippen molar-refractivity contribution in [3.8, 4) is 5.75 Å². The second kappa shape index (κ2) is 6.90. The van der Waals surface area contributed by atoms with E-state index in [2.05, 4.69) is 0 Å². The maximum absolute atomic E-state index is 13.5. The lowest BCUT2D eigenvalue weighted by Crippen LogP contribution is -2.37. The number of aliphatic hydroxyl groups is 1. The van der Waals surface area contributed by atoms with Crippen LogP contribution in [-0.4, -0.2) is 17.5 Å². The SMILES string of the molecule is O[C@@H]1C[C@H](CCc2cc(F)ccc2OCc2ccccc2)O1. The molecular formula is C18H19FO3. The Morgan fingerprint density at radius 2 is 1.95 bits per heavy atom. The van der Waals surface area contributed by atoms with Crippen LogP contribution in [0.25, 0.3) is 0 Å². The van der Waals surface area contributed by atoms with Crippen LogP contribution >= 0.6 is 0 Å². The number of hydrogen-bond donors (Lipinski definition) is 1. The summed E-state index contributed by atoms with van der Waals surface area (Å²) in [7, 11) is 0. The molecule has 0 unspecified atom stereocenters. The Kier molecular flexibility index (Phi) is 4.71. The fourth-order valence-electron chi connectivity index (χ4n) is 2.56. The monoisotopic (exact) mass is 302 g/mol. The van der Waals surface area contributed by atoms with Crippen molar-refractivity contribution in [2.45, 2.75) is 38.3 Å². The van der Waals surface area contributed by atoms with E-state index in [1.54, 1.807) is 6.07 Å². The summed E-state index contributed by atoms with van der Waals surface area (Å²) in [5.41, 5.74) is 1.91. The van der Waals surface area contributed by atoms with Crippen LogP contribution in [0.4, 0.5) is 4.39 Å². The molecule has 1 aliphatic heterocycles. The number of halogens is 1. The average molecular weight is 302 g/mol. The summed E-state index contributed by atoms with van der Waals surface area (Å²) in [5, 5.41) is 9.12. The number of aryl methyl sites for hydroxylation is 1. The molecule has 4 heteroatoms. The molecule has 1 heterocycles. The number of ether oxygens (including phenoxy) is 2. The van der Waals surface area contributed by atoms with Gasteiger partial charge in [-0.2, -0.15) is 0 Å². The van der Waals surface area contributed by atoms with Gasteiger partial charge >= 0.3 is 0 Å². The summed E-state index contributed by atoms with van der Waals surface area (Å²) in [6, 6.07) is 14.5. The van der Waals surface area contributed by atoms with Crippen LogP contribution in [0, 0.1) is 5.82 Å². The molecule has 3 nitrogen and oxygen atoms in total. The van der Waals surface area contributed by atoms with Crippen molar-refractivity contribution < 1.29 is 19.0 Å². The Morgan fingerprint density at radius 1 is 1.18 bits per heavy atom. The number of benzene rings is 2. The summed E-state index contributed by atoms with van der Waals surface area (Å²) in [5.74, 6) is 0.432. The van der Waals surface area contributed by atoms with Crippen LogP contribution in [0.5, 0.6) is 5.75 Å². The van der Waals surface area contributed by atoms with E-state index >= 15 is 0 Å². The maximum atomic E-state index is 13.5. The normalized spacial score (nSPS) is 20.5. The predicted molar refractivity (Wildman–Crippen MR) is 81.0 cm³/mol. The molecule has 2 aromatic rings. The summed E-state index contributed by atoms with van der Waals surface area (Å²) >= 11 is 0. The number of rotatable bonds is 6. The van der Waals surface area contributed by atoms with E-state index in [0.717, 1.165) is 17.5 Å². The Labute approximate surface area is 129 Å². The second-order valence-electron chi connectivity index (χ2n) is 5.51. The van der Waals surface area contributed by atoms with E-state index in [1.165, 1.54) is 12.1 Å². The van der Waals surface area contributed by atoms with Crippen LogP contribution in [0.1, 0.15) is 24.0 Å². The lowest BCUT2D eigenvalue weighted by atomic mass is 10.0. The summed E-state index contributed by atoms with van der Waals surface area (Å²) in [4.78, 5) is 0. The first kappa shape index (κ1) is 15.0. The topological polar surface area (TPSA) is 38.7 Å². The molecule has 22 heavy (non-hydrogen) atoms. The zero-order valence-electron chi connectivity index (χ0n) is 12.2. The smallest absolute Gasteiger partial charge is 0.157 e. The Balaban J connectivity index is 1.62. The average Bonchev–Trinajstić information content (AvgIpc) is 2.50. The highest BCUT2D eigenvalue weighted by Crippen LogP contribution is 2.27. The molecule has 0 spiro atoms. The van der Waals surface area contributed by atoms with Crippen LogP contribution in [0.15, 0.2) is 48.5 Å². The van der Waals surface area contributed by atoms with Gasteiger partial charge in [0.15, 0.2) is 6.29 Å². The van der Waals surface area contributed by atoms with Gasteiger partial charge in [-0.05, 0) is 42.2 Å². The molecule has 0 aromatic heterocycles. The van der Waals surface area contributed by atoms with Crippen molar-refractivity contribution in [1.29, 1.82) is 0 Å². The minimum Gasteiger partial charge on any atom is -0.489 e. The number of hydrogen-bond acceptors (Lipinski definition) is 3. The predicted octanol–water partition coefficient (Wildman–Crippen LogP) is 3.44. The second-order valence-corrected chi connectivity index (χ2v) is 5.51. The third kappa shape index (κ3) is 3.84. The first-order valence-electron chi connectivity index (χ1n) is 7.49. The molecule has 1 saturated heterocycles. The van der Waals surface area contributed by atoms with Crippen molar-refractivity contribution in [1.82, 2.24) is 0 Å². The van der Waals surface area contributed by atoms with Crippen molar-refractivity contribution in [3.63, 3.8) is 0 Å². The summed E-state index contributed by atoms with van der Waals surface area (Å²) < 4.78 is 24.5. The Morgan fingerprint density at radius 3 is 2.68 bits per heavy atom. The van der Waals surface area contributed by atoms with Crippen molar-refractivity contribution in [2.75, 3.05) is 0 Å². The van der Waals surface area contributed by atoms with E-state index in [0.29, 0.717) is 25.2 Å². The molecule has 3 rings (SSSR count). The van der Waals surface area contributed by atoms with E-state index in [-0.39, 0.29) is 11.9 Å². The Bertz CT molecular complexity index is 609. The number of aliphatic hydroxyl groups excluding tert-OH is 1. The molecule has 0 bridgehead atoms. The van der Waals surface area contributed by atoms with Gasteiger partial charge in [0.25, 0.3) is 0 Å².